The summed E-state index contributed by atoms with van der Waals surface area (Å²) < 4.78 is 115. The van der Waals surface area contributed by atoms with Gasteiger partial charge in [-0.2, -0.15) is 35.0 Å². The second-order valence-corrected chi connectivity index (χ2v) is 17.7. The van der Waals surface area contributed by atoms with E-state index in [1.807, 2.05) is 0 Å². The number of carboxylic acids is 1. The third-order valence-electron chi connectivity index (χ3n) is 8.98. The number of phenols is 1. The number of aliphatic hydroxyl groups excluding tert-OH is 2. The Balaban J connectivity index is 1.44. The number of nitro benzene ring substituents is 2. The van der Waals surface area contributed by atoms with Gasteiger partial charge in [0.25, 0.3) is 41.7 Å². The highest BCUT2D eigenvalue weighted by atomic mass is 32.2. The molecule has 70 heavy (non-hydrogen) atoms. The predicted octanol–water partition coefficient (Wildman–Crippen LogP) is 5.68. The van der Waals surface area contributed by atoms with Gasteiger partial charge in [-0.05, 0) is 41.8 Å². The van der Waals surface area contributed by atoms with Gasteiger partial charge in [-0.15, -0.1) is 30.7 Å². The van der Waals surface area contributed by atoms with Gasteiger partial charge in [0.15, 0.2) is 11.4 Å². The normalized spacial score (nSPS) is 12.4. The first-order valence-electron chi connectivity index (χ1n) is 18.6. The van der Waals surface area contributed by atoms with Crippen LogP contribution < -0.4 is 9.47 Å². The van der Waals surface area contributed by atoms with Gasteiger partial charge >= 0.3 is 5.97 Å². The molecule has 0 amide bonds. The van der Waals surface area contributed by atoms with Crippen LogP contribution in [-0.2, 0) is 30.4 Å². The average Bonchev–Trinajstić information content (AvgIpc) is 3.63. The van der Waals surface area contributed by atoms with Crippen LogP contribution in [0.1, 0.15) is 10.5 Å². The highest BCUT2D eigenvalue weighted by molar-refractivity contribution is 7.86. The second-order valence-electron chi connectivity index (χ2n) is 13.5. The summed E-state index contributed by atoms with van der Waals surface area (Å²) in [7, 11) is -15.6. The summed E-state index contributed by atoms with van der Waals surface area (Å²) in [6.07, 6.45) is 0. The summed E-state index contributed by atoms with van der Waals surface area (Å²) in [5, 5.41) is 99.5. The first-order chi connectivity index (χ1) is 32.8. The van der Waals surface area contributed by atoms with Gasteiger partial charge in [0, 0.05) is 41.8 Å². The number of aromatic carboxylic acids is 1. The molecule has 5 aromatic carbocycles. The fourth-order valence-electron chi connectivity index (χ4n) is 5.95. The Kier molecular flexibility index (Phi) is 14.5. The number of hydrogen-bond acceptors (Lipinski definition) is 24. The molecule has 0 aliphatic heterocycles. The van der Waals surface area contributed by atoms with Crippen molar-refractivity contribution >= 4 is 92.6 Å². The molecule has 0 saturated heterocycles. The summed E-state index contributed by atoms with van der Waals surface area (Å²) in [6, 6.07) is 10.3. The number of non-ortho nitro benzene ring substituents is 2. The number of hydrogen-bond donors (Lipinski definition) is 8. The number of fused-ring (bicyclic) bond motifs is 1. The number of carbonyl (C=O) groups is 1. The van der Waals surface area contributed by atoms with Gasteiger partial charge in [0.1, 0.15) is 67.8 Å². The standard InChI is InChI=1S/C36H28N10O21S3/c47-7-9-66-26-16-25(27(67-10-8-48)15-24(26)39-37-22-5-2-19(45(53)54)13-28(22)68(57,58)59)40-41-31-30(70(63,64)65)12-17-11-18(1-4-21(17)34(31)49)44-35(50)32(33(43-44)36(51)52)42-38-23-6-3-20(46(55)56)14-29(23)69(60,61)62/h1-6,11-16,47-50H,7-10H2,(H,51,52)(H,57,58,59)(H,60,61,62)(H,63,64,65)/b39-37+,41-40+,42-38+. The predicted molar refractivity (Wildman–Crippen MR) is 231 cm³/mol. The Hall–Kier alpha value is -8.51. The molecule has 31 nitrogen and oxygen atoms in total. The molecule has 6 rings (SSSR count). The Morgan fingerprint density at radius 1 is 0.614 bits per heavy atom. The van der Waals surface area contributed by atoms with E-state index in [0.717, 1.165) is 60.7 Å². The van der Waals surface area contributed by atoms with Crippen LogP contribution in [0.3, 0.4) is 0 Å². The minimum absolute atomic E-state index is 0.221. The highest BCUT2D eigenvalue weighted by Crippen LogP contribution is 2.46. The van der Waals surface area contributed by atoms with Crippen LogP contribution in [0.15, 0.2) is 118 Å². The maximum atomic E-state index is 12.8. The molecule has 0 atom stereocenters. The molecule has 1 aromatic heterocycles. The molecule has 366 valence electrons. The van der Waals surface area contributed by atoms with Crippen LogP contribution >= 0.6 is 0 Å². The van der Waals surface area contributed by atoms with Crippen LogP contribution in [0.4, 0.5) is 45.5 Å². The van der Waals surface area contributed by atoms with E-state index in [1.165, 1.54) is 0 Å². The van der Waals surface area contributed by atoms with Crippen molar-refractivity contribution in [2.45, 2.75) is 14.7 Å². The van der Waals surface area contributed by atoms with Crippen molar-refractivity contribution in [3.63, 3.8) is 0 Å². The topological polar surface area (TPSA) is 478 Å². The van der Waals surface area contributed by atoms with Crippen molar-refractivity contribution in [3.05, 3.63) is 98.7 Å². The van der Waals surface area contributed by atoms with Crippen LogP contribution in [-0.4, -0.2) is 116 Å². The Morgan fingerprint density at radius 3 is 1.53 bits per heavy atom. The number of aliphatic hydroxyl groups is 2. The fraction of sp³-hybridized carbons (Fsp3) is 0.111. The van der Waals surface area contributed by atoms with Crippen molar-refractivity contribution in [2.75, 3.05) is 26.4 Å². The number of ether oxygens (including phenoxy) is 2. The third-order valence-corrected chi connectivity index (χ3v) is 11.6. The molecule has 0 spiro atoms. The van der Waals surface area contributed by atoms with Crippen LogP contribution in [0.5, 0.6) is 23.1 Å². The third kappa shape index (κ3) is 11.1. The number of aromatic hydroxyl groups is 2. The van der Waals surface area contributed by atoms with E-state index >= 15 is 0 Å². The number of phenolic OH excluding ortho intramolecular Hbond substituents is 1. The molecule has 0 saturated carbocycles. The second kappa shape index (κ2) is 20.0. The quantitative estimate of drug-likeness (QED) is 0.0209. The van der Waals surface area contributed by atoms with Crippen LogP contribution in [0.2, 0.25) is 0 Å². The molecular weight excluding hydrogens is 1000 g/mol. The van der Waals surface area contributed by atoms with E-state index in [0.29, 0.717) is 16.8 Å². The van der Waals surface area contributed by atoms with Gasteiger partial charge in [-0.25, -0.2) is 4.79 Å². The van der Waals surface area contributed by atoms with Crippen molar-refractivity contribution in [1.82, 2.24) is 9.78 Å². The minimum Gasteiger partial charge on any atom is -0.505 e. The smallest absolute Gasteiger partial charge is 0.358 e. The number of azo groups is 3. The van der Waals surface area contributed by atoms with Gasteiger partial charge in [-0.1, -0.05) is 0 Å². The lowest BCUT2D eigenvalue weighted by Gasteiger charge is -2.13. The molecule has 1 heterocycles. The highest BCUT2D eigenvalue weighted by Gasteiger charge is 2.28. The van der Waals surface area contributed by atoms with Crippen molar-refractivity contribution in [2.24, 2.45) is 30.7 Å². The van der Waals surface area contributed by atoms with Gasteiger partial charge in [0.05, 0.1) is 28.7 Å². The number of rotatable bonds is 19. The Labute approximate surface area is 389 Å². The fourth-order valence-corrected chi connectivity index (χ4v) is 7.89. The Bertz CT molecular complexity index is 3580. The summed E-state index contributed by atoms with van der Waals surface area (Å²) in [5.41, 5.74) is -6.58. The lowest BCUT2D eigenvalue weighted by Crippen LogP contribution is -2.04. The average molecular weight is 1030 g/mol. The van der Waals surface area contributed by atoms with Crippen molar-refractivity contribution in [3.8, 4) is 28.8 Å². The monoisotopic (exact) mass is 1030 g/mol. The number of nitrogens with zero attached hydrogens (tertiary/aromatic N) is 10. The molecular formula is C36H28N10O21S3. The van der Waals surface area contributed by atoms with E-state index < -0.39 is 139 Å². The number of carboxylic acid groups (broad SMARTS) is 1. The Morgan fingerprint density at radius 2 is 1.07 bits per heavy atom. The molecule has 0 unspecified atom stereocenters. The lowest BCUT2D eigenvalue weighted by atomic mass is 10.1. The first-order valence-corrected chi connectivity index (χ1v) is 22.9. The van der Waals surface area contributed by atoms with E-state index in [-0.39, 0.29) is 39.3 Å². The molecule has 0 fully saturated rings. The van der Waals surface area contributed by atoms with Crippen molar-refractivity contribution in [1.29, 1.82) is 0 Å². The maximum Gasteiger partial charge on any atom is 0.358 e. The van der Waals surface area contributed by atoms with Gasteiger partial charge < -0.3 is 35.0 Å². The largest absolute Gasteiger partial charge is 0.505 e. The minimum atomic E-state index is -5.34. The molecule has 0 aliphatic carbocycles. The van der Waals surface area contributed by atoms with E-state index in [9.17, 15) is 89.5 Å². The lowest BCUT2D eigenvalue weighted by molar-refractivity contribution is -0.385. The summed E-state index contributed by atoms with van der Waals surface area (Å²) >= 11 is 0. The zero-order chi connectivity index (χ0) is 51.5. The van der Waals surface area contributed by atoms with Gasteiger partial charge in [0.2, 0.25) is 11.6 Å². The molecule has 8 N–H and O–H groups in total. The molecule has 0 bridgehead atoms. The van der Waals surface area contributed by atoms with Gasteiger partial charge in [-0.3, -0.25) is 33.9 Å². The van der Waals surface area contributed by atoms with E-state index in [4.69, 9.17) is 9.47 Å². The van der Waals surface area contributed by atoms with Crippen LogP contribution in [0.25, 0.3) is 16.5 Å². The number of nitro groups is 2. The summed E-state index contributed by atoms with van der Waals surface area (Å²) in [5.74, 6) is -4.50. The van der Waals surface area contributed by atoms with Crippen LogP contribution in [0, 0.1) is 20.2 Å². The molecule has 0 radical (unpaired) electrons. The number of benzene rings is 5. The molecule has 6 aromatic rings. The first kappa shape index (κ1) is 50.9. The maximum absolute atomic E-state index is 12.8. The molecule has 0 aliphatic rings. The summed E-state index contributed by atoms with van der Waals surface area (Å²) in [6.45, 7) is -2.06. The van der Waals surface area contributed by atoms with E-state index in [2.05, 4.69) is 35.8 Å². The summed E-state index contributed by atoms with van der Waals surface area (Å²) in [4.78, 5) is 29.4. The number of aromatic nitrogens is 2. The zero-order valence-corrected chi connectivity index (χ0v) is 36.8. The SMILES string of the molecule is O=C(O)c1nn(-c2ccc3c(O)c(/N=N/c4cc(OCCO)c(/N=N/c5ccc([N+](=O)[O-])cc5S(=O)(=O)O)cc4OCCO)c(S(=O)(=O)O)cc3c2)c(O)c1/N=N/c1ccc([N+](=O)[O-])cc1S(=O)(=O)O. The van der Waals surface area contributed by atoms with E-state index in [1.54, 1.807) is 0 Å². The molecule has 34 heteroatoms. The van der Waals surface area contributed by atoms with Crippen molar-refractivity contribution < 1.29 is 88.6 Å². The zero-order valence-electron chi connectivity index (χ0n) is 34.3.